The van der Waals surface area contributed by atoms with Crippen molar-refractivity contribution in [3.8, 4) is 5.75 Å². The molecule has 1 aromatic rings. The fraction of sp³-hybridized carbons (Fsp3) is 0.700. The summed E-state index contributed by atoms with van der Waals surface area (Å²) in [7, 11) is 0. The maximum Gasteiger partial charge on any atom is 0.122 e. The highest BCUT2D eigenvalue weighted by Crippen LogP contribution is 2.58. The molecule has 3 atom stereocenters. The maximum absolute atomic E-state index is 10.7. The summed E-state index contributed by atoms with van der Waals surface area (Å²) in [5, 5.41) is 21.2. The first-order valence-corrected chi connectivity index (χ1v) is 8.73. The molecule has 0 aliphatic heterocycles. The van der Waals surface area contributed by atoms with Crippen molar-refractivity contribution in [3.05, 3.63) is 28.8 Å². The van der Waals surface area contributed by atoms with Gasteiger partial charge in [0.2, 0.25) is 0 Å². The minimum Gasteiger partial charge on any atom is -0.507 e. The van der Waals surface area contributed by atoms with Gasteiger partial charge in [-0.1, -0.05) is 46.8 Å². The van der Waals surface area contributed by atoms with Crippen LogP contribution < -0.4 is 0 Å². The Morgan fingerprint density at radius 3 is 2.45 bits per heavy atom. The predicted molar refractivity (Wildman–Crippen MR) is 90.4 cm³/mol. The number of benzene rings is 1. The zero-order valence-electron chi connectivity index (χ0n) is 14.6. The fourth-order valence-electron chi connectivity index (χ4n) is 5.25. The summed E-state index contributed by atoms with van der Waals surface area (Å²) in [4.78, 5) is 0. The number of aliphatic hydroxyl groups is 1. The molecule has 1 aromatic carbocycles. The van der Waals surface area contributed by atoms with Gasteiger partial charge in [-0.05, 0) is 65.0 Å². The highest BCUT2D eigenvalue weighted by atomic mass is 16.3. The quantitative estimate of drug-likeness (QED) is 0.801. The molecule has 2 N–H and O–H groups in total. The molecular formula is C20H30O2. The largest absolute Gasteiger partial charge is 0.507 e. The molecule has 122 valence electrons. The number of fused-ring (bicyclic) bond motifs is 3. The molecule has 2 aliphatic rings. The number of rotatable bonds is 1. The Hall–Kier alpha value is -1.02. The van der Waals surface area contributed by atoms with Crippen molar-refractivity contribution >= 4 is 0 Å². The minimum atomic E-state index is -0.212. The van der Waals surface area contributed by atoms with Gasteiger partial charge in [0, 0.05) is 0 Å². The monoisotopic (exact) mass is 302 g/mol. The SMILES string of the molecule is CC(C)c1ccc2c(c1O)CC[C@H]1C(C)(C)[C@@H](O)CC[C@]21C. The van der Waals surface area contributed by atoms with Crippen LogP contribution in [0.3, 0.4) is 0 Å². The Morgan fingerprint density at radius 2 is 1.82 bits per heavy atom. The third-order valence-corrected chi connectivity index (χ3v) is 6.70. The van der Waals surface area contributed by atoms with Crippen LogP contribution in [0.2, 0.25) is 0 Å². The van der Waals surface area contributed by atoms with Crippen molar-refractivity contribution in [1.82, 2.24) is 0 Å². The van der Waals surface area contributed by atoms with Crippen LogP contribution in [0.15, 0.2) is 12.1 Å². The van der Waals surface area contributed by atoms with E-state index >= 15 is 0 Å². The number of phenols is 1. The van der Waals surface area contributed by atoms with E-state index in [1.165, 1.54) is 5.56 Å². The van der Waals surface area contributed by atoms with E-state index < -0.39 is 0 Å². The van der Waals surface area contributed by atoms with E-state index in [-0.39, 0.29) is 16.9 Å². The van der Waals surface area contributed by atoms with Crippen LogP contribution in [0, 0.1) is 11.3 Å². The van der Waals surface area contributed by atoms with Gasteiger partial charge in [0.1, 0.15) is 5.75 Å². The first-order valence-electron chi connectivity index (χ1n) is 8.73. The van der Waals surface area contributed by atoms with Crippen molar-refractivity contribution in [2.75, 3.05) is 0 Å². The fourth-order valence-corrected chi connectivity index (χ4v) is 5.25. The van der Waals surface area contributed by atoms with E-state index in [1.54, 1.807) is 0 Å². The molecule has 0 saturated heterocycles. The van der Waals surface area contributed by atoms with Crippen molar-refractivity contribution in [2.45, 2.75) is 77.7 Å². The average Bonchev–Trinajstić information content (AvgIpc) is 2.44. The lowest BCUT2D eigenvalue weighted by molar-refractivity contribution is -0.0732. The molecule has 22 heavy (non-hydrogen) atoms. The van der Waals surface area contributed by atoms with E-state index in [1.807, 2.05) is 0 Å². The summed E-state index contributed by atoms with van der Waals surface area (Å²) in [5.41, 5.74) is 3.57. The van der Waals surface area contributed by atoms with Crippen molar-refractivity contribution in [1.29, 1.82) is 0 Å². The first-order chi connectivity index (χ1) is 10.2. The van der Waals surface area contributed by atoms with Crippen molar-refractivity contribution < 1.29 is 10.2 Å². The van der Waals surface area contributed by atoms with Gasteiger partial charge in [-0.15, -0.1) is 0 Å². The second-order valence-electron chi connectivity index (χ2n) is 8.57. The lowest BCUT2D eigenvalue weighted by atomic mass is 9.49. The van der Waals surface area contributed by atoms with Crippen LogP contribution in [0.5, 0.6) is 5.75 Å². The van der Waals surface area contributed by atoms with Gasteiger partial charge in [0.15, 0.2) is 0 Å². The zero-order valence-corrected chi connectivity index (χ0v) is 14.6. The van der Waals surface area contributed by atoms with Crippen molar-refractivity contribution in [3.63, 3.8) is 0 Å². The summed E-state index contributed by atoms with van der Waals surface area (Å²) in [5.74, 6) is 1.34. The Bertz CT molecular complexity index is 588. The second kappa shape index (κ2) is 4.99. The first kappa shape index (κ1) is 15.9. The molecule has 0 bridgehead atoms. The van der Waals surface area contributed by atoms with Gasteiger partial charge >= 0.3 is 0 Å². The number of aromatic hydroxyl groups is 1. The third kappa shape index (κ3) is 2.03. The number of hydrogen-bond acceptors (Lipinski definition) is 2. The Morgan fingerprint density at radius 1 is 1.14 bits per heavy atom. The molecule has 2 nitrogen and oxygen atoms in total. The summed E-state index contributed by atoms with van der Waals surface area (Å²) in [6.45, 7) is 11.0. The van der Waals surface area contributed by atoms with Gasteiger partial charge in [0.25, 0.3) is 0 Å². The number of aliphatic hydroxyl groups excluding tert-OH is 1. The highest BCUT2D eigenvalue weighted by molar-refractivity contribution is 5.51. The lowest BCUT2D eigenvalue weighted by Crippen LogP contribution is -2.53. The van der Waals surface area contributed by atoms with Crippen LogP contribution in [-0.4, -0.2) is 16.3 Å². The van der Waals surface area contributed by atoms with Crippen LogP contribution in [0.1, 0.15) is 76.5 Å². The van der Waals surface area contributed by atoms with Crippen LogP contribution >= 0.6 is 0 Å². The topological polar surface area (TPSA) is 40.5 Å². The molecule has 1 fully saturated rings. The standard InChI is InChI=1S/C20H30O2/c1-12(2)13-6-8-15-14(18(13)22)7-9-16-19(3,4)17(21)10-11-20(15,16)5/h6,8,12,16-17,21-22H,7,9-11H2,1-5H3/t16-,17-,20+/m0/s1. The smallest absolute Gasteiger partial charge is 0.122 e. The molecule has 0 radical (unpaired) electrons. The highest BCUT2D eigenvalue weighted by Gasteiger charge is 2.53. The van der Waals surface area contributed by atoms with Gasteiger partial charge in [-0.25, -0.2) is 0 Å². The molecule has 2 heteroatoms. The normalized spacial score (nSPS) is 33.4. The van der Waals surface area contributed by atoms with E-state index in [0.717, 1.165) is 36.8 Å². The minimum absolute atomic E-state index is 0.0585. The van der Waals surface area contributed by atoms with Gasteiger partial charge in [-0.2, -0.15) is 0 Å². The van der Waals surface area contributed by atoms with Gasteiger partial charge in [0.05, 0.1) is 6.10 Å². The van der Waals surface area contributed by atoms with Crippen LogP contribution in [0.4, 0.5) is 0 Å². The Kier molecular flexibility index (Phi) is 3.60. The molecule has 0 amide bonds. The number of hydrogen-bond donors (Lipinski definition) is 2. The van der Waals surface area contributed by atoms with E-state index in [2.05, 4.69) is 46.8 Å². The van der Waals surface area contributed by atoms with Gasteiger partial charge < -0.3 is 10.2 Å². The van der Waals surface area contributed by atoms with Gasteiger partial charge in [-0.3, -0.25) is 0 Å². The molecule has 3 rings (SSSR count). The summed E-state index contributed by atoms with van der Waals surface area (Å²) < 4.78 is 0. The van der Waals surface area contributed by atoms with E-state index in [9.17, 15) is 10.2 Å². The molecule has 0 unspecified atom stereocenters. The average molecular weight is 302 g/mol. The molecule has 2 aliphatic carbocycles. The maximum atomic E-state index is 10.7. The predicted octanol–water partition coefficient (Wildman–Crippen LogP) is 4.52. The zero-order chi connectivity index (χ0) is 16.3. The van der Waals surface area contributed by atoms with Crippen molar-refractivity contribution in [2.24, 2.45) is 11.3 Å². The number of phenolic OH excluding ortho intramolecular Hbond substituents is 1. The van der Waals surface area contributed by atoms with E-state index in [0.29, 0.717) is 17.6 Å². The summed E-state index contributed by atoms with van der Waals surface area (Å²) >= 11 is 0. The third-order valence-electron chi connectivity index (χ3n) is 6.70. The molecule has 0 heterocycles. The summed E-state index contributed by atoms with van der Waals surface area (Å²) in [6.07, 6.45) is 3.64. The van der Waals surface area contributed by atoms with Crippen LogP contribution in [-0.2, 0) is 11.8 Å². The molecule has 1 saturated carbocycles. The summed E-state index contributed by atoms with van der Waals surface area (Å²) in [6, 6.07) is 4.37. The lowest BCUT2D eigenvalue weighted by Gasteiger charge is -2.56. The van der Waals surface area contributed by atoms with Crippen LogP contribution in [0.25, 0.3) is 0 Å². The van der Waals surface area contributed by atoms with E-state index in [4.69, 9.17) is 0 Å². The Labute approximate surface area is 134 Å². The molecule has 0 aromatic heterocycles. The second-order valence-corrected chi connectivity index (χ2v) is 8.57. The molecular weight excluding hydrogens is 272 g/mol. The molecule has 0 spiro atoms. The Balaban J connectivity index is 2.12.